The molecule has 0 aromatic carbocycles. The second-order valence-corrected chi connectivity index (χ2v) is 5.13. The molecule has 0 radical (unpaired) electrons. The average Bonchev–Trinajstić information content (AvgIpc) is 1.98. The molecule has 0 rings (SSSR count). The first-order valence-corrected chi connectivity index (χ1v) is 5.92. The molecule has 0 aliphatic rings. The fourth-order valence-electron chi connectivity index (χ4n) is 0.414. The highest BCUT2D eigenvalue weighted by atomic mass is 32.3. The minimum absolute atomic E-state index is 0.144. The fraction of sp³-hybridized carbons (Fsp3) is 0.667. The Morgan fingerprint density at radius 1 is 1.29 bits per heavy atom. The van der Waals surface area contributed by atoms with Crippen LogP contribution in [0.15, 0.2) is 12.2 Å². The topological polar surface area (TPSA) is 107 Å². The molecule has 0 aliphatic carbocycles. The molecule has 0 aliphatic heterocycles. The van der Waals surface area contributed by atoms with E-state index in [4.69, 9.17) is 22.3 Å². The van der Waals surface area contributed by atoms with Gasteiger partial charge in [-0.05, 0) is 6.92 Å². The molecule has 1 atom stereocenters. The van der Waals surface area contributed by atoms with Crippen LogP contribution in [-0.2, 0) is 19.9 Å². The summed E-state index contributed by atoms with van der Waals surface area (Å²) in [5.41, 5.74) is 0.440. The maximum atomic E-state index is 11.1. The smallest absolute Gasteiger partial charge is 0.337 e. The van der Waals surface area contributed by atoms with E-state index >= 15 is 0 Å². The van der Waals surface area contributed by atoms with E-state index in [1.807, 2.05) is 28.1 Å². The van der Waals surface area contributed by atoms with Gasteiger partial charge in [0, 0.05) is 22.9 Å². The van der Waals surface area contributed by atoms with Crippen LogP contribution in [0.5, 0.6) is 0 Å². The minimum Gasteiger partial charge on any atom is -0.759 e. The van der Waals surface area contributed by atoms with Gasteiger partial charge in [0.1, 0.15) is 0 Å². The van der Waals surface area contributed by atoms with E-state index < -0.39 is 10.4 Å². The number of carbonyl (C=O) groups excluding carboxylic acids is 1. The van der Waals surface area contributed by atoms with Crippen LogP contribution in [0.3, 0.4) is 0 Å². The third-order valence-electron chi connectivity index (χ3n) is 1.72. The van der Waals surface area contributed by atoms with Gasteiger partial charge in [-0.25, -0.2) is 4.79 Å². The molecule has 0 spiro atoms. The van der Waals surface area contributed by atoms with Crippen molar-refractivity contribution in [1.29, 1.82) is 0 Å². The summed E-state index contributed by atoms with van der Waals surface area (Å²) in [6, 6.07) is 0. The predicted molar refractivity (Wildman–Crippen MR) is 58.9 cm³/mol. The van der Waals surface area contributed by atoms with Crippen molar-refractivity contribution in [2.75, 3.05) is 21.1 Å². The Kier molecular flexibility index (Phi) is 7.25. The summed E-state index contributed by atoms with van der Waals surface area (Å²) >= 11 is 0. The zero-order valence-electron chi connectivity index (χ0n) is 10.6. The molecule has 0 fully saturated rings. The van der Waals surface area contributed by atoms with E-state index in [1.54, 1.807) is 6.92 Å². The molecule has 0 N–H and O–H groups in total. The Morgan fingerprint density at radius 2 is 1.59 bits per heavy atom. The van der Waals surface area contributed by atoms with Gasteiger partial charge >= 0.3 is 5.97 Å². The van der Waals surface area contributed by atoms with Crippen molar-refractivity contribution in [1.82, 2.24) is 0 Å². The molecule has 8 heteroatoms. The number of rotatable bonds is 3. The van der Waals surface area contributed by atoms with Gasteiger partial charge in [0.05, 0.1) is 21.1 Å². The highest BCUT2D eigenvalue weighted by Crippen LogP contribution is 2.06. The van der Waals surface area contributed by atoms with Crippen LogP contribution in [0.25, 0.3) is 0 Å². The molecule has 7 nitrogen and oxygen atoms in total. The zero-order valence-corrected chi connectivity index (χ0v) is 11.4. The van der Waals surface area contributed by atoms with Crippen LogP contribution in [-0.4, -0.2) is 55.3 Å². The van der Waals surface area contributed by atoms with Crippen molar-refractivity contribution in [3.05, 3.63) is 12.2 Å². The average molecular weight is 268 g/mol. The maximum absolute atomic E-state index is 11.1. The Morgan fingerprint density at radius 3 is 1.76 bits per heavy atom. The first-order valence-electron chi connectivity index (χ1n) is 4.59. The Balaban J connectivity index is 0. The molecule has 0 amide bonds. The van der Waals surface area contributed by atoms with Gasteiger partial charge in [0.25, 0.3) is 0 Å². The van der Waals surface area contributed by atoms with Gasteiger partial charge in [-0.15, -0.1) is 0 Å². The summed E-state index contributed by atoms with van der Waals surface area (Å²) < 4.78 is 39.8. The van der Waals surface area contributed by atoms with Crippen molar-refractivity contribution < 1.29 is 31.5 Å². The first-order chi connectivity index (χ1) is 7.25. The first kappa shape index (κ1) is 18.4. The molecule has 0 aromatic heterocycles. The van der Waals surface area contributed by atoms with Crippen molar-refractivity contribution in [2.45, 2.75) is 20.1 Å². The van der Waals surface area contributed by atoms with E-state index in [9.17, 15) is 4.79 Å². The second-order valence-electron chi connectivity index (χ2n) is 4.31. The lowest BCUT2D eigenvalue weighted by Gasteiger charge is -2.30. The molecule has 1 unspecified atom stereocenters. The normalized spacial score (nSPS) is 13.1. The lowest BCUT2D eigenvalue weighted by Crippen LogP contribution is -2.45. The van der Waals surface area contributed by atoms with Gasteiger partial charge in [-0.3, -0.25) is 12.9 Å². The highest BCUT2D eigenvalue weighted by Gasteiger charge is 2.22. The third-order valence-corrected chi connectivity index (χ3v) is 1.72. The number of ether oxygens (including phenoxy) is 1. The van der Waals surface area contributed by atoms with E-state index in [-0.39, 0.29) is 12.2 Å². The summed E-state index contributed by atoms with van der Waals surface area (Å²) in [5.74, 6) is -0.324. The number of hydrogen-bond donors (Lipinski definition) is 0. The van der Waals surface area contributed by atoms with E-state index in [0.29, 0.717) is 10.1 Å². The number of quaternary nitrogens is 1. The van der Waals surface area contributed by atoms with E-state index in [0.717, 1.165) is 0 Å². The van der Waals surface area contributed by atoms with Gasteiger partial charge in [0.2, 0.25) is 6.23 Å². The summed E-state index contributed by atoms with van der Waals surface area (Å²) in [6.45, 7) is 7.01. The highest BCUT2D eigenvalue weighted by molar-refractivity contribution is 7.79. The molecule has 0 bridgehead atoms. The Hall–Kier alpha value is -0.960. The van der Waals surface area contributed by atoms with Crippen LogP contribution >= 0.6 is 0 Å². The number of esters is 1. The van der Waals surface area contributed by atoms with Crippen LogP contribution in [0.4, 0.5) is 0 Å². The third kappa shape index (κ3) is 15.0. The lowest BCUT2D eigenvalue weighted by molar-refractivity contribution is -0.914. The minimum atomic E-state index is -5.17. The molecule has 0 heterocycles. The quantitative estimate of drug-likeness (QED) is 0.175. The standard InChI is InChI=1S/C9H18NO2.H2O4S/c1-7(2)9(11)12-8(3)10(4,5)6;1-5(2,3)4/h8H,1H2,2-6H3;(H2,1,2,3,4)/q+1;/p-2. The summed E-state index contributed by atoms with van der Waals surface area (Å²) in [7, 11) is 0.739. The van der Waals surface area contributed by atoms with Crippen molar-refractivity contribution >= 4 is 16.4 Å². The molecule has 0 saturated heterocycles. The number of nitrogens with zero attached hydrogens (tertiary/aromatic N) is 1. The molecular weight excluding hydrogens is 250 g/mol. The maximum Gasteiger partial charge on any atom is 0.337 e. The van der Waals surface area contributed by atoms with E-state index in [1.165, 1.54) is 0 Å². The van der Waals surface area contributed by atoms with Crippen LogP contribution in [0.1, 0.15) is 13.8 Å². The predicted octanol–water partition coefficient (Wildman–Crippen LogP) is -0.180. The Bertz CT molecular complexity index is 359. The van der Waals surface area contributed by atoms with E-state index in [2.05, 4.69) is 6.58 Å². The molecule has 0 aromatic rings. The molecular formula is C9H18NO6S-. The Labute approximate surface area is 102 Å². The van der Waals surface area contributed by atoms with Gasteiger partial charge in [-0.2, -0.15) is 0 Å². The number of hydrogen-bond acceptors (Lipinski definition) is 6. The molecule has 17 heavy (non-hydrogen) atoms. The van der Waals surface area contributed by atoms with Gasteiger partial charge < -0.3 is 13.8 Å². The zero-order chi connectivity index (χ0) is 14.4. The van der Waals surface area contributed by atoms with Gasteiger partial charge in [-0.1, -0.05) is 6.58 Å². The van der Waals surface area contributed by atoms with Crippen molar-refractivity contribution in [3.63, 3.8) is 0 Å². The molecule has 102 valence electrons. The molecule has 0 saturated carbocycles. The van der Waals surface area contributed by atoms with Crippen LogP contribution in [0.2, 0.25) is 0 Å². The largest absolute Gasteiger partial charge is 0.759 e. The van der Waals surface area contributed by atoms with Crippen LogP contribution in [0, 0.1) is 0 Å². The van der Waals surface area contributed by atoms with Crippen molar-refractivity contribution in [3.8, 4) is 0 Å². The summed E-state index contributed by atoms with van der Waals surface area (Å²) in [5, 5.41) is 0. The fourth-order valence-corrected chi connectivity index (χ4v) is 0.414. The van der Waals surface area contributed by atoms with Crippen molar-refractivity contribution in [2.24, 2.45) is 0 Å². The summed E-state index contributed by atoms with van der Waals surface area (Å²) in [4.78, 5) is 11.1. The monoisotopic (exact) mass is 268 g/mol. The lowest BCUT2D eigenvalue weighted by atomic mass is 10.3. The second kappa shape index (κ2) is 6.70. The SMILES string of the molecule is C=C(C)C(=O)OC(C)[N+](C)(C)C.O=S(=O)([O-])[O-]. The number of carbonyl (C=O) groups is 1. The van der Waals surface area contributed by atoms with Crippen LogP contribution < -0.4 is 0 Å². The summed E-state index contributed by atoms with van der Waals surface area (Å²) in [6.07, 6.45) is -0.144. The van der Waals surface area contributed by atoms with Gasteiger partial charge in [0.15, 0.2) is 0 Å².